The summed E-state index contributed by atoms with van der Waals surface area (Å²) in [6, 6.07) is 0.268. The van der Waals surface area contributed by atoms with Crippen molar-refractivity contribution in [2.45, 2.75) is 51.7 Å². The van der Waals surface area contributed by atoms with Gasteiger partial charge in [0.05, 0.1) is 0 Å². The normalized spacial score (nSPS) is 19.1. The molecule has 0 saturated heterocycles. The first-order valence-corrected chi connectivity index (χ1v) is 5.32. The van der Waals surface area contributed by atoms with Gasteiger partial charge in [-0.2, -0.15) is 0 Å². The summed E-state index contributed by atoms with van der Waals surface area (Å²) < 4.78 is 5.11. The van der Waals surface area contributed by atoms with Crippen molar-refractivity contribution in [3.05, 3.63) is 0 Å². The minimum atomic E-state index is -0.711. The molecule has 0 heterocycles. The lowest BCUT2D eigenvalue weighted by Gasteiger charge is -2.24. The monoisotopic (exact) mass is 199 g/mol. The standard InChI is InChI=1S/C11H21NO2/c1-8(7-9-5-6-9)12-10(13)11(2,3)14-4/h8-9H,5-7H2,1-4H3,(H,12,13). The predicted molar refractivity (Wildman–Crippen MR) is 56.0 cm³/mol. The Bertz CT molecular complexity index is 209. The van der Waals surface area contributed by atoms with Crippen LogP contribution in [0, 0.1) is 5.92 Å². The second-order valence-electron chi connectivity index (χ2n) is 4.77. The van der Waals surface area contributed by atoms with E-state index in [1.165, 1.54) is 12.8 Å². The van der Waals surface area contributed by atoms with Gasteiger partial charge in [0, 0.05) is 13.2 Å². The molecule has 1 unspecified atom stereocenters. The fourth-order valence-corrected chi connectivity index (χ4v) is 1.40. The summed E-state index contributed by atoms with van der Waals surface area (Å²) in [6.45, 7) is 5.63. The van der Waals surface area contributed by atoms with Crippen molar-refractivity contribution < 1.29 is 9.53 Å². The number of carbonyl (C=O) groups is 1. The Kier molecular flexibility index (Phi) is 3.53. The lowest BCUT2D eigenvalue weighted by molar-refractivity contribution is -0.140. The van der Waals surface area contributed by atoms with E-state index in [1.807, 2.05) is 0 Å². The van der Waals surface area contributed by atoms with E-state index in [-0.39, 0.29) is 11.9 Å². The lowest BCUT2D eigenvalue weighted by Crippen LogP contribution is -2.47. The van der Waals surface area contributed by atoms with Gasteiger partial charge in [0.15, 0.2) is 0 Å². The van der Waals surface area contributed by atoms with E-state index < -0.39 is 5.60 Å². The third kappa shape index (κ3) is 3.29. The molecule has 0 bridgehead atoms. The highest BCUT2D eigenvalue weighted by Crippen LogP contribution is 2.33. The predicted octanol–water partition coefficient (Wildman–Crippen LogP) is 1.72. The molecule has 14 heavy (non-hydrogen) atoms. The van der Waals surface area contributed by atoms with Gasteiger partial charge in [-0.15, -0.1) is 0 Å². The molecule has 1 atom stereocenters. The number of carbonyl (C=O) groups excluding carboxylic acids is 1. The van der Waals surface area contributed by atoms with Crippen LogP contribution in [-0.2, 0) is 9.53 Å². The second-order valence-corrected chi connectivity index (χ2v) is 4.77. The van der Waals surface area contributed by atoms with Crippen LogP contribution in [0.5, 0.6) is 0 Å². The van der Waals surface area contributed by atoms with Gasteiger partial charge in [-0.25, -0.2) is 0 Å². The van der Waals surface area contributed by atoms with Gasteiger partial charge in [-0.3, -0.25) is 4.79 Å². The molecule has 82 valence electrons. The number of ether oxygens (including phenoxy) is 1. The largest absolute Gasteiger partial charge is 0.369 e. The number of hydrogen-bond acceptors (Lipinski definition) is 2. The van der Waals surface area contributed by atoms with Crippen LogP contribution in [0.15, 0.2) is 0 Å². The van der Waals surface area contributed by atoms with E-state index in [9.17, 15) is 4.79 Å². The number of hydrogen-bond donors (Lipinski definition) is 1. The molecule has 3 heteroatoms. The molecule has 3 nitrogen and oxygen atoms in total. The SMILES string of the molecule is COC(C)(C)C(=O)NC(C)CC1CC1. The number of rotatable bonds is 5. The maximum atomic E-state index is 11.7. The molecule has 1 aliphatic carbocycles. The Labute approximate surface area is 86.2 Å². The molecule has 0 spiro atoms. The molecule has 1 amide bonds. The molecular weight excluding hydrogens is 178 g/mol. The van der Waals surface area contributed by atoms with Crippen LogP contribution in [0.1, 0.15) is 40.0 Å². The van der Waals surface area contributed by atoms with Crippen LogP contribution >= 0.6 is 0 Å². The number of methoxy groups -OCH3 is 1. The summed E-state index contributed by atoms with van der Waals surface area (Å²) in [6.07, 6.45) is 3.76. The van der Waals surface area contributed by atoms with Crippen LogP contribution in [-0.4, -0.2) is 24.7 Å². The van der Waals surface area contributed by atoms with Crippen LogP contribution in [0.3, 0.4) is 0 Å². The molecule has 1 saturated carbocycles. The molecule has 0 aromatic heterocycles. The highest BCUT2D eigenvalue weighted by Gasteiger charge is 2.30. The summed E-state index contributed by atoms with van der Waals surface area (Å²) in [5.41, 5.74) is -0.711. The van der Waals surface area contributed by atoms with Gasteiger partial charge in [0.25, 0.3) is 5.91 Å². The van der Waals surface area contributed by atoms with Crippen molar-refractivity contribution in [1.82, 2.24) is 5.32 Å². The van der Waals surface area contributed by atoms with E-state index in [2.05, 4.69) is 12.2 Å². The van der Waals surface area contributed by atoms with Crippen LogP contribution < -0.4 is 5.32 Å². The Morgan fingerprint density at radius 3 is 2.57 bits per heavy atom. The Morgan fingerprint density at radius 2 is 2.14 bits per heavy atom. The third-order valence-corrected chi connectivity index (χ3v) is 2.82. The molecule has 0 aliphatic heterocycles. The van der Waals surface area contributed by atoms with Crippen LogP contribution in [0.25, 0.3) is 0 Å². The van der Waals surface area contributed by atoms with Crippen LogP contribution in [0.4, 0.5) is 0 Å². The van der Waals surface area contributed by atoms with Gasteiger partial charge in [0.1, 0.15) is 5.60 Å². The molecule has 1 N–H and O–H groups in total. The summed E-state index contributed by atoms with van der Waals surface area (Å²) in [5, 5.41) is 2.98. The van der Waals surface area contributed by atoms with Crippen molar-refractivity contribution in [2.24, 2.45) is 5.92 Å². The fraction of sp³-hybridized carbons (Fsp3) is 0.909. The van der Waals surface area contributed by atoms with Gasteiger partial charge in [0.2, 0.25) is 0 Å². The molecule has 0 radical (unpaired) electrons. The minimum absolute atomic E-state index is 0.0202. The molecule has 1 aliphatic rings. The van der Waals surface area contributed by atoms with E-state index in [4.69, 9.17) is 4.74 Å². The summed E-state index contributed by atoms with van der Waals surface area (Å²) in [4.78, 5) is 11.7. The topological polar surface area (TPSA) is 38.3 Å². The maximum Gasteiger partial charge on any atom is 0.251 e. The van der Waals surface area contributed by atoms with Crippen molar-refractivity contribution in [1.29, 1.82) is 0 Å². The molecule has 1 fully saturated rings. The van der Waals surface area contributed by atoms with Crippen molar-refractivity contribution in [3.8, 4) is 0 Å². The zero-order valence-corrected chi connectivity index (χ0v) is 9.59. The maximum absolute atomic E-state index is 11.7. The lowest BCUT2D eigenvalue weighted by atomic mass is 10.1. The molecular formula is C11H21NO2. The second kappa shape index (κ2) is 4.30. The fourth-order valence-electron chi connectivity index (χ4n) is 1.40. The van der Waals surface area contributed by atoms with Crippen molar-refractivity contribution in [3.63, 3.8) is 0 Å². The van der Waals surface area contributed by atoms with Gasteiger partial charge in [-0.1, -0.05) is 12.8 Å². The molecule has 0 aromatic rings. The Morgan fingerprint density at radius 1 is 1.57 bits per heavy atom. The first-order valence-electron chi connectivity index (χ1n) is 5.32. The quantitative estimate of drug-likeness (QED) is 0.732. The summed E-state index contributed by atoms with van der Waals surface area (Å²) in [7, 11) is 1.56. The van der Waals surface area contributed by atoms with Crippen molar-refractivity contribution >= 4 is 5.91 Å². The molecule has 0 aromatic carbocycles. The minimum Gasteiger partial charge on any atom is -0.369 e. The van der Waals surface area contributed by atoms with E-state index in [1.54, 1.807) is 21.0 Å². The number of amides is 1. The Balaban J connectivity index is 2.30. The zero-order valence-electron chi connectivity index (χ0n) is 9.59. The summed E-state index contributed by atoms with van der Waals surface area (Å²) in [5.74, 6) is 0.823. The van der Waals surface area contributed by atoms with Gasteiger partial charge in [-0.05, 0) is 33.1 Å². The Hall–Kier alpha value is -0.570. The molecule has 1 rings (SSSR count). The average molecular weight is 199 g/mol. The van der Waals surface area contributed by atoms with E-state index in [0.717, 1.165) is 12.3 Å². The highest BCUT2D eigenvalue weighted by atomic mass is 16.5. The first kappa shape index (κ1) is 11.5. The van der Waals surface area contributed by atoms with Gasteiger partial charge >= 0.3 is 0 Å². The summed E-state index contributed by atoms with van der Waals surface area (Å²) >= 11 is 0. The average Bonchev–Trinajstić information content (AvgIpc) is 2.88. The van der Waals surface area contributed by atoms with Crippen molar-refractivity contribution in [2.75, 3.05) is 7.11 Å². The third-order valence-electron chi connectivity index (χ3n) is 2.82. The highest BCUT2D eigenvalue weighted by molar-refractivity contribution is 5.84. The van der Waals surface area contributed by atoms with E-state index >= 15 is 0 Å². The first-order chi connectivity index (χ1) is 6.45. The number of nitrogens with one attached hydrogen (secondary N) is 1. The van der Waals surface area contributed by atoms with Gasteiger partial charge < -0.3 is 10.1 Å². The van der Waals surface area contributed by atoms with Crippen LogP contribution in [0.2, 0.25) is 0 Å². The smallest absolute Gasteiger partial charge is 0.251 e. The van der Waals surface area contributed by atoms with E-state index in [0.29, 0.717) is 0 Å². The zero-order chi connectivity index (χ0) is 10.8.